The molecular weight excluding hydrogens is 687 g/mol. The van der Waals surface area contributed by atoms with E-state index in [1.807, 2.05) is 0 Å². The van der Waals surface area contributed by atoms with Crippen LogP contribution < -0.4 is 0 Å². The molecule has 7 rings (SSSR count). The quantitative estimate of drug-likeness (QED) is 0.0878. The van der Waals surface area contributed by atoms with Gasteiger partial charge in [-0.3, -0.25) is 14.2 Å². The van der Waals surface area contributed by atoms with Gasteiger partial charge in [0, 0.05) is 35.8 Å². The molecule has 11 atom stereocenters. The molecule has 1 aromatic rings. The van der Waals surface area contributed by atoms with Gasteiger partial charge in [-0.15, -0.1) is 0 Å². The fraction of sp³-hybridized carbons (Fsp3) is 0.833. The number of carbonyl (C=O) groups excluding carboxylic acids is 2. The molecule has 1 aromatic heterocycles. The lowest BCUT2D eigenvalue weighted by molar-refractivity contribution is -0.163. The second-order valence-corrected chi connectivity index (χ2v) is 20.4. The van der Waals surface area contributed by atoms with E-state index in [1.54, 1.807) is 0 Å². The van der Waals surface area contributed by atoms with Gasteiger partial charge >= 0.3 is 11.9 Å². The molecule has 6 aliphatic carbocycles. The van der Waals surface area contributed by atoms with Crippen LogP contribution in [0.25, 0.3) is 0 Å². The summed E-state index contributed by atoms with van der Waals surface area (Å²) in [6.07, 6.45) is 27.9. The number of unbranched alkanes of at least 4 members (excludes halogenated alkanes) is 5. The molecule has 0 radical (unpaired) electrons. The maximum Gasteiger partial charge on any atom is 0.306 e. The van der Waals surface area contributed by atoms with Crippen molar-refractivity contribution in [3.05, 3.63) is 23.3 Å². The van der Waals surface area contributed by atoms with Crippen LogP contribution in [0.15, 0.2) is 12.2 Å². The zero-order valence-corrected chi connectivity index (χ0v) is 35.2. The van der Waals surface area contributed by atoms with E-state index in [0.29, 0.717) is 29.6 Å². The number of ether oxygens (including phenoxy) is 2. The van der Waals surface area contributed by atoms with Gasteiger partial charge < -0.3 is 19.7 Å². The van der Waals surface area contributed by atoms with Crippen LogP contribution in [-0.2, 0) is 25.6 Å². The normalized spacial score (nSPS) is 34.9. The van der Waals surface area contributed by atoms with Crippen LogP contribution in [0.4, 0.5) is 0 Å². The smallest absolute Gasteiger partial charge is 0.306 e. The summed E-state index contributed by atoms with van der Waals surface area (Å²) in [5, 5.41) is 21.3. The third-order valence-electron chi connectivity index (χ3n) is 16.8. The van der Waals surface area contributed by atoms with E-state index < -0.39 is 0 Å². The number of aromatic hydroxyl groups is 2. The lowest BCUT2D eigenvalue weighted by Gasteiger charge is -2.61. The molecule has 6 aliphatic rings. The highest BCUT2D eigenvalue weighted by Gasteiger charge is 2.60. The van der Waals surface area contributed by atoms with Crippen LogP contribution in [-0.4, -0.2) is 39.4 Å². The molecule has 0 aliphatic heterocycles. The van der Waals surface area contributed by atoms with Gasteiger partial charge in [0.05, 0.1) is 6.54 Å². The topological polar surface area (TPSA) is 98.0 Å². The zero-order chi connectivity index (χ0) is 38.9. The molecule has 4 fully saturated rings. The van der Waals surface area contributed by atoms with Crippen molar-refractivity contribution in [2.24, 2.45) is 52.3 Å². The molecule has 0 aromatic carbocycles. The molecular formula is C48H75NO6. The Balaban J connectivity index is 0.742. The second-order valence-electron chi connectivity index (χ2n) is 20.4. The van der Waals surface area contributed by atoms with Gasteiger partial charge in [-0.05, 0) is 129 Å². The molecule has 0 amide bonds. The summed E-state index contributed by atoms with van der Waals surface area (Å²) in [5.74, 6) is 6.31. The first-order valence-corrected chi connectivity index (χ1v) is 23.1. The molecule has 7 unspecified atom stereocenters. The molecule has 4 saturated carbocycles. The minimum atomic E-state index is -0.235. The van der Waals surface area contributed by atoms with Gasteiger partial charge in [0.25, 0.3) is 0 Å². The molecule has 55 heavy (non-hydrogen) atoms. The van der Waals surface area contributed by atoms with Crippen molar-refractivity contribution in [2.75, 3.05) is 6.61 Å². The van der Waals surface area contributed by atoms with E-state index in [-0.39, 0.29) is 54.8 Å². The number of rotatable bonds is 18. The van der Waals surface area contributed by atoms with Crippen LogP contribution in [0, 0.1) is 52.3 Å². The van der Waals surface area contributed by atoms with Crippen molar-refractivity contribution in [2.45, 2.75) is 194 Å². The molecule has 2 bridgehead atoms. The molecule has 1 heterocycles. The number of aromatic nitrogens is 1. The number of fused-ring (bicyclic) bond motifs is 10. The Morgan fingerprint density at radius 1 is 0.745 bits per heavy atom. The van der Waals surface area contributed by atoms with Crippen LogP contribution in [0.3, 0.4) is 0 Å². The number of hydrogen-bond donors (Lipinski definition) is 2. The van der Waals surface area contributed by atoms with Crippen molar-refractivity contribution in [1.29, 1.82) is 0 Å². The summed E-state index contributed by atoms with van der Waals surface area (Å²) in [6, 6.07) is 0. The Labute approximate surface area is 332 Å². The minimum absolute atomic E-state index is 0.00633. The fourth-order valence-corrected chi connectivity index (χ4v) is 13.9. The van der Waals surface area contributed by atoms with E-state index in [2.05, 4.69) is 46.8 Å². The number of carbonyl (C=O) groups is 2. The van der Waals surface area contributed by atoms with Crippen molar-refractivity contribution in [3.8, 4) is 11.8 Å². The third-order valence-corrected chi connectivity index (χ3v) is 16.8. The molecule has 308 valence electrons. The highest BCUT2D eigenvalue weighted by Crippen LogP contribution is 2.68. The van der Waals surface area contributed by atoms with Gasteiger partial charge in [-0.1, -0.05) is 91.7 Å². The summed E-state index contributed by atoms with van der Waals surface area (Å²) >= 11 is 0. The molecule has 7 nitrogen and oxygen atoms in total. The summed E-state index contributed by atoms with van der Waals surface area (Å²) < 4.78 is 13.0. The van der Waals surface area contributed by atoms with Gasteiger partial charge in [-0.2, -0.15) is 0 Å². The second kappa shape index (κ2) is 17.2. The van der Waals surface area contributed by atoms with E-state index >= 15 is 0 Å². The van der Waals surface area contributed by atoms with E-state index in [1.165, 1.54) is 68.8 Å². The van der Waals surface area contributed by atoms with Crippen LogP contribution in [0.2, 0.25) is 0 Å². The Morgan fingerprint density at radius 2 is 1.38 bits per heavy atom. The van der Waals surface area contributed by atoms with E-state index in [9.17, 15) is 19.8 Å². The van der Waals surface area contributed by atoms with Crippen molar-refractivity contribution in [3.63, 3.8) is 0 Å². The van der Waals surface area contributed by atoms with Gasteiger partial charge in [0.2, 0.25) is 0 Å². The fourth-order valence-electron chi connectivity index (χ4n) is 13.9. The lowest BCUT2D eigenvalue weighted by atomic mass is 9.44. The average Bonchev–Trinajstić information content (AvgIpc) is 3.91. The first-order valence-electron chi connectivity index (χ1n) is 23.1. The maximum atomic E-state index is 12.9. The average molecular weight is 762 g/mol. The number of esters is 2. The van der Waals surface area contributed by atoms with Crippen LogP contribution >= 0.6 is 0 Å². The molecule has 0 saturated heterocycles. The summed E-state index contributed by atoms with van der Waals surface area (Å²) in [4.78, 5) is 25.2. The van der Waals surface area contributed by atoms with Gasteiger partial charge in [0.1, 0.15) is 12.7 Å². The highest BCUT2D eigenvalue weighted by molar-refractivity contribution is 5.69. The summed E-state index contributed by atoms with van der Waals surface area (Å²) in [7, 11) is 0. The standard InChI is InChI=1S/C48H75NO6/c1-31(2)13-12-14-32(3)38-21-22-39-37-20-19-35-30-36(23-25-47(35,4)40(37)24-26-48(38,39)5)55-42(51)16-11-9-7-6-8-10-15-41(50)54-28-27-49-45(52)43-33-17-18-34(29-33)44(43)46(49)53/h17-18,31-40,52-53H,6-16,19-30H2,1-5H3/t32-,33?,34?,35?,36+,37?,38?,39?,40?,47+,48-/m1/s1. The van der Waals surface area contributed by atoms with Gasteiger partial charge in [-0.25, -0.2) is 0 Å². The molecule has 2 N–H and O–H groups in total. The van der Waals surface area contributed by atoms with Crippen molar-refractivity contribution in [1.82, 2.24) is 4.57 Å². The number of hydrogen-bond acceptors (Lipinski definition) is 6. The number of nitrogens with zero attached hydrogens (tertiary/aromatic N) is 1. The Kier molecular flexibility index (Phi) is 12.7. The van der Waals surface area contributed by atoms with Crippen molar-refractivity contribution < 1.29 is 29.3 Å². The van der Waals surface area contributed by atoms with Crippen LogP contribution in [0.5, 0.6) is 11.8 Å². The Hall–Kier alpha value is -2.44. The van der Waals surface area contributed by atoms with Crippen molar-refractivity contribution >= 4 is 11.9 Å². The summed E-state index contributed by atoms with van der Waals surface area (Å²) in [6.45, 7) is 13.0. The summed E-state index contributed by atoms with van der Waals surface area (Å²) in [5.41, 5.74) is 2.63. The third kappa shape index (κ3) is 8.30. The number of allylic oxidation sites excluding steroid dienone is 2. The maximum absolute atomic E-state index is 12.9. The predicted molar refractivity (Wildman–Crippen MR) is 218 cm³/mol. The SMILES string of the molecule is CC(C)CCC[C@@H](C)C1CCC2C3CCC4C[C@@H](OC(=O)CCCCCCCCC(=O)OCCn5c(O)c6c(c5O)C5C=CC6C5)CC[C@]4(C)C3CC[C@@]21C. The van der Waals surface area contributed by atoms with E-state index in [4.69, 9.17) is 9.47 Å². The molecule has 0 spiro atoms. The monoisotopic (exact) mass is 762 g/mol. The largest absolute Gasteiger partial charge is 0.494 e. The molecule has 7 heteroatoms. The van der Waals surface area contributed by atoms with E-state index in [0.717, 1.165) is 104 Å². The first kappa shape index (κ1) is 40.7. The minimum Gasteiger partial charge on any atom is -0.494 e. The zero-order valence-electron chi connectivity index (χ0n) is 35.2. The lowest BCUT2D eigenvalue weighted by Crippen LogP contribution is -2.54. The Bertz CT molecular complexity index is 1490. The van der Waals surface area contributed by atoms with Gasteiger partial charge in [0.15, 0.2) is 11.8 Å². The van der Waals surface area contributed by atoms with Crippen LogP contribution in [0.1, 0.15) is 192 Å². The Morgan fingerprint density at radius 3 is 2.07 bits per heavy atom. The predicted octanol–water partition coefficient (Wildman–Crippen LogP) is 11.7. The first-order chi connectivity index (χ1) is 26.4. The highest BCUT2D eigenvalue weighted by atomic mass is 16.5.